The molecule has 106 valence electrons. The molecule has 1 aliphatic rings. The van der Waals surface area contributed by atoms with E-state index in [0.717, 1.165) is 0 Å². The first kappa shape index (κ1) is 12.6. The van der Waals surface area contributed by atoms with E-state index in [1.54, 1.807) is 0 Å². The van der Waals surface area contributed by atoms with E-state index in [1.165, 1.54) is 49.0 Å². The van der Waals surface area contributed by atoms with Crippen LogP contribution in [0.25, 0.3) is 16.9 Å². The van der Waals surface area contributed by atoms with Gasteiger partial charge in [0.15, 0.2) is 5.52 Å². The van der Waals surface area contributed by atoms with E-state index in [1.807, 2.05) is 0 Å². The van der Waals surface area contributed by atoms with Gasteiger partial charge in [0.2, 0.25) is 0 Å². The summed E-state index contributed by atoms with van der Waals surface area (Å²) in [5.41, 5.74) is 2.58. The molecule has 1 aromatic carbocycles. The predicted molar refractivity (Wildman–Crippen MR) is 85.2 cm³/mol. The minimum absolute atomic E-state index is 0.647. The highest BCUT2D eigenvalue weighted by atomic mass is 15.1. The highest BCUT2D eigenvalue weighted by Gasteiger charge is 2.27. The van der Waals surface area contributed by atoms with E-state index in [0.29, 0.717) is 6.04 Å². The van der Waals surface area contributed by atoms with Crippen LogP contribution in [0.15, 0.2) is 60.9 Å². The molecule has 3 aromatic rings. The van der Waals surface area contributed by atoms with Crippen LogP contribution in [0.4, 0.5) is 0 Å². The Balaban J connectivity index is 1.92. The summed E-state index contributed by atoms with van der Waals surface area (Å²) in [7, 11) is 0. The van der Waals surface area contributed by atoms with Crippen molar-refractivity contribution in [2.24, 2.45) is 0 Å². The molecule has 2 heterocycles. The highest BCUT2D eigenvalue weighted by molar-refractivity contribution is 5.58. The lowest BCUT2D eigenvalue weighted by molar-refractivity contribution is -0.713. The third kappa shape index (κ3) is 2.25. The Morgan fingerprint density at radius 2 is 1.62 bits per heavy atom. The van der Waals surface area contributed by atoms with Crippen LogP contribution >= 0.6 is 0 Å². The molecule has 0 atom stereocenters. The zero-order valence-corrected chi connectivity index (χ0v) is 12.3. The molecule has 0 N–H and O–H groups in total. The van der Waals surface area contributed by atoms with Gasteiger partial charge in [-0.25, -0.2) is 4.57 Å². The summed E-state index contributed by atoms with van der Waals surface area (Å²) >= 11 is 0. The average Bonchev–Trinajstić information content (AvgIpc) is 2.96. The minimum atomic E-state index is 0.647. The number of hydrogen-bond acceptors (Lipinski definition) is 0. The molecule has 0 amide bonds. The van der Waals surface area contributed by atoms with Crippen LogP contribution in [0.3, 0.4) is 0 Å². The summed E-state index contributed by atoms with van der Waals surface area (Å²) in [6, 6.07) is 17.9. The molecule has 0 spiro atoms. The molecular weight excluding hydrogens is 256 g/mol. The van der Waals surface area contributed by atoms with E-state index in [-0.39, 0.29) is 0 Å². The van der Waals surface area contributed by atoms with Crippen molar-refractivity contribution in [3.05, 3.63) is 60.9 Å². The standard InChI is InChI=1S/C19H21N2/c1-3-9-16(10-4-1)19-20-14-8-7-13-18(20)15-21(19)17-11-5-2-6-12-17/h1,3-4,7-10,13-15,17H,2,5-6,11-12H2/q+1. The van der Waals surface area contributed by atoms with Crippen molar-refractivity contribution in [2.75, 3.05) is 0 Å². The van der Waals surface area contributed by atoms with Crippen LogP contribution < -0.4 is 4.57 Å². The number of fused-ring (bicyclic) bond motifs is 1. The normalized spacial score (nSPS) is 16.4. The molecule has 1 fully saturated rings. The number of imidazole rings is 1. The van der Waals surface area contributed by atoms with Crippen LogP contribution in [-0.4, -0.2) is 4.40 Å². The smallest absolute Gasteiger partial charge is 0.226 e. The van der Waals surface area contributed by atoms with Gasteiger partial charge in [0.25, 0.3) is 5.82 Å². The maximum atomic E-state index is 2.52. The van der Waals surface area contributed by atoms with Gasteiger partial charge in [0, 0.05) is 0 Å². The van der Waals surface area contributed by atoms with Gasteiger partial charge in [-0.2, -0.15) is 4.40 Å². The third-order valence-corrected chi connectivity index (χ3v) is 4.64. The van der Waals surface area contributed by atoms with Crippen molar-refractivity contribution in [2.45, 2.75) is 38.1 Å². The number of nitrogens with zero attached hydrogens (tertiary/aromatic N) is 2. The highest BCUT2D eigenvalue weighted by Crippen LogP contribution is 2.27. The molecule has 2 aromatic heterocycles. The van der Waals surface area contributed by atoms with Crippen molar-refractivity contribution >= 4 is 5.52 Å². The van der Waals surface area contributed by atoms with E-state index in [9.17, 15) is 0 Å². The first-order valence-electron chi connectivity index (χ1n) is 8.00. The Kier molecular flexibility index (Phi) is 3.23. The first-order chi connectivity index (χ1) is 10.4. The van der Waals surface area contributed by atoms with Gasteiger partial charge in [-0.1, -0.05) is 30.7 Å². The first-order valence-corrected chi connectivity index (χ1v) is 8.00. The van der Waals surface area contributed by atoms with Crippen molar-refractivity contribution < 1.29 is 4.57 Å². The van der Waals surface area contributed by atoms with Crippen LogP contribution in [0.2, 0.25) is 0 Å². The Morgan fingerprint density at radius 3 is 2.43 bits per heavy atom. The Hall–Kier alpha value is -2.09. The fraction of sp³-hybridized carbons (Fsp3) is 0.316. The molecule has 0 unspecified atom stereocenters. The number of pyridine rings is 1. The van der Waals surface area contributed by atoms with Gasteiger partial charge < -0.3 is 0 Å². The maximum Gasteiger partial charge on any atom is 0.294 e. The SMILES string of the molecule is c1ccc(-c2n3ccccc3c[n+]2C2CCCCC2)cc1. The molecule has 2 heteroatoms. The molecule has 21 heavy (non-hydrogen) atoms. The van der Waals surface area contributed by atoms with E-state index >= 15 is 0 Å². The fourth-order valence-corrected chi connectivity index (χ4v) is 3.60. The van der Waals surface area contributed by atoms with Gasteiger partial charge in [-0.05, 0) is 49.9 Å². The second kappa shape index (κ2) is 5.36. The molecular formula is C19H21N2+. The Morgan fingerprint density at radius 1 is 0.857 bits per heavy atom. The largest absolute Gasteiger partial charge is 0.294 e. The van der Waals surface area contributed by atoms with Crippen LogP contribution in [-0.2, 0) is 0 Å². The van der Waals surface area contributed by atoms with Crippen molar-refractivity contribution in [1.82, 2.24) is 4.40 Å². The zero-order chi connectivity index (χ0) is 14.1. The molecule has 0 radical (unpaired) electrons. The second-order valence-corrected chi connectivity index (χ2v) is 6.01. The fourth-order valence-electron chi connectivity index (χ4n) is 3.60. The molecule has 0 saturated heterocycles. The van der Waals surface area contributed by atoms with Crippen LogP contribution in [0.5, 0.6) is 0 Å². The van der Waals surface area contributed by atoms with Gasteiger partial charge in [-0.15, -0.1) is 0 Å². The van der Waals surface area contributed by atoms with Gasteiger partial charge >= 0.3 is 0 Å². The van der Waals surface area contributed by atoms with Crippen LogP contribution in [0.1, 0.15) is 38.1 Å². The van der Waals surface area contributed by atoms with Crippen molar-refractivity contribution in [3.63, 3.8) is 0 Å². The van der Waals surface area contributed by atoms with E-state index in [4.69, 9.17) is 0 Å². The second-order valence-electron chi connectivity index (χ2n) is 6.01. The summed E-state index contributed by atoms with van der Waals surface area (Å²) in [4.78, 5) is 0. The number of aromatic nitrogens is 2. The molecule has 0 bridgehead atoms. The number of benzene rings is 1. The Bertz CT molecular complexity index is 737. The maximum absolute atomic E-state index is 2.52. The van der Waals surface area contributed by atoms with Gasteiger partial charge in [0.05, 0.1) is 11.8 Å². The predicted octanol–water partition coefficient (Wildman–Crippen LogP) is 4.40. The lowest BCUT2D eigenvalue weighted by Crippen LogP contribution is -2.41. The monoisotopic (exact) mass is 277 g/mol. The lowest BCUT2D eigenvalue weighted by Gasteiger charge is -2.19. The summed E-state index contributed by atoms with van der Waals surface area (Å²) in [6.07, 6.45) is 11.2. The molecule has 4 rings (SSSR count). The van der Waals surface area contributed by atoms with Crippen molar-refractivity contribution in [1.29, 1.82) is 0 Å². The Labute approximate surface area is 125 Å². The quantitative estimate of drug-likeness (QED) is 0.614. The summed E-state index contributed by atoms with van der Waals surface area (Å²) in [5.74, 6) is 1.32. The summed E-state index contributed by atoms with van der Waals surface area (Å²) in [5, 5.41) is 0. The molecule has 1 saturated carbocycles. The molecule has 0 aliphatic heterocycles. The van der Waals surface area contributed by atoms with E-state index in [2.05, 4.69) is 69.9 Å². The average molecular weight is 277 g/mol. The zero-order valence-electron chi connectivity index (χ0n) is 12.3. The van der Waals surface area contributed by atoms with Gasteiger partial charge in [0.1, 0.15) is 12.2 Å². The minimum Gasteiger partial charge on any atom is -0.226 e. The van der Waals surface area contributed by atoms with Crippen molar-refractivity contribution in [3.8, 4) is 11.4 Å². The topological polar surface area (TPSA) is 8.29 Å². The number of hydrogen-bond donors (Lipinski definition) is 0. The van der Waals surface area contributed by atoms with Gasteiger partial charge in [-0.3, -0.25) is 0 Å². The van der Waals surface area contributed by atoms with Crippen LogP contribution in [0, 0.1) is 0 Å². The molecule has 2 nitrogen and oxygen atoms in total. The summed E-state index contributed by atoms with van der Waals surface area (Å²) < 4.78 is 4.84. The third-order valence-electron chi connectivity index (χ3n) is 4.64. The lowest BCUT2D eigenvalue weighted by atomic mass is 9.95. The summed E-state index contributed by atoms with van der Waals surface area (Å²) in [6.45, 7) is 0. The van der Waals surface area contributed by atoms with E-state index < -0.39 is 0 Å². The number of rotatable bonds is 2. The molecule has 1 aliphatic carbocycles.